The number of hydrogen-bond acceptors (Lipinski definition) is 3. The molecule has 1 amide bonds. The summed E-state index contributed by atoms with van der Waals surface area (Å²) in [6, 6.07) is 0.104. The number of unbranched alkanes of at least 4 members (excludes halogenated alkanes) is 1. The van der Waals surface area contributed by atoms with Crippen molar-refractivity contribution in [1.29, 1.82) is 0 Å². The van der Waals surface area contributed by atoms with Crippen molar-refractivity contribution < 1.29 is 9.90 Å². The first-order chi connectivity index (χ1) is 13.9. The van der Waals surface area contributed by atoms with E-state index in [2.05, 4.69) is 45.3 Å². The Morgan fingerprint density at radius 1 is 1.07 bits per heavy atom. The van der Waals surface area contributed by atoms with Crippen molar-refractivity contribution in [2.45, 2.75) is 117 Å². The van der Waals surface area contributed by atoms with Gasteiger partial charge in [0.1, 0.15) is 0 Å². The Bertz CT molecular complexity index is 421. The van der Waals surface area contributed by atoms with Gasteiger partial charge >= 0.3 is 0 Å². The van der Waals surface area contributed by atoms with E-state index < -0.39 is 6.10 Å². The highest BCUT2D eigenvalue weighted by molar-refractivity contribution is 5.78. The van der Waals surface area contributed by atoms with E-state index >= 15 is 0 Å². The lowest BCUT2D eigenvalue weighted by Crippen LogP contribution is -2.45. The van der Waals surface area contributed by atoms with Crippen molar-refractivity contribution in [2.75, 3.05) is 13.1 Å². The van der Waals surface area contributed by atoms with Crippen LogP contribution in [0.15, 0.2) is 0 Å². The molecule has 0 radical (unpaired) electrons. The lowest BCUT2D eigenvalue weighted by Gasteiger charge is -2.33. The van der Waals surface area contributed by atoms with Crippen molar-refractivity contribution >= 4 is 5.91 Å². The number of amides is 1. The fourth-order valence-corrected chi connectivity index (χ4v) is 4.50. The quantitative estimate of drug-likeness (QED) is 0.321. The van der Waals surface area contributed by atoms with Crippen LogP contribution in [-0.4, -0.2) is 36.2 Å². The Labute approximate surface area is 181 Å². The smallest absolute Gasteiger partial charge is 0.223 e. The van der Waals surface area contributed by atoms with E-state index in [4.69, 9.17) is 0 Å². The average Bonchev–Trinajstić information content (AvgIpc) is 2.71. The van der Waals surface area contributed by atoms with E-state index in [1.165, 1.54) is 38.5 Å². The SMILES string of the molecule is CCCCNC(=O)C(CC(O)C(CC1CCCCC1)NCCC(C)CC)C(C)C. The molecule has 1 aliphatic rings. The number of hydrogen-bond donors (Lipinski definition) is 3. The number of carbonyl (C=O) groups excluding carboxylic acids is 1. The standard InChI is InChI=1S/C25H50N2O2/c1-6-8-15-27-25(29)22(19(3)4)18-24(28)23(26-16-14-20(5)7-2)17-21-12-10-9-11-13-21/h19-24,26,28H,6-18H2,1-5H3,(H,27,29). The maximum atomic E-state index is 12.7. The van der Waals surface area contributed by atoms with Gasteiger partial charge in [-0.3, -0.25) is 4.79 Å². The molecule has 4 atom stereocenters. The van der Waals surface area contributed by atoms with Gasteiger partial charge in [-0.15, -0.1) is 0 Å². The maximum Gasteiger partial charge on any atom is 0.223 e. The Morgan fingerprint density at radius 2 is 1.76 bits per heavy atom. The summed E-state index contributed by atoms with van der Waals surface area (Å²) >= 11 is 0. The van der Waals surface area contributed by atoms with Crippen LogP contribution in [0, 0.1) is 23.7 Å². The van der Waals surface area contributed by atoms with Crippen molar-refractivity contribution in [3.63, 3.8) is 0 Å². The highest BCUT2D eigenvalue weighted by atomic mass is 16.3. The minimum atomic E-state index is -0.460. The zero-order chi connectivity index (χ0) is 21.6. The lowest BCUT2D eigenvalue weighted by atomic mass is 9.81. The first-order valence-corrected chi connectivity index (χ1v) is 12.6. The summed E-state index contributed by atoms with van der Waals surface area (Å²) in [7, 11) is 0. The molecule has 1 fully saturated rings. The van der Waals surface area contributed by atoms with Crippen LogP contribution >= 0.6 is 0 Å². The van der Waals surface area contributed by atoms with Gasteiger partial charge in [-0.25, -0.2) is 0 Å². The van der Waals surface area contributed by atoms with Crippen LogP contribution < -0.4 is 10.6 Å². The first-order valence-electron chi connectivity index (χ1n) is 12.6. The molecule has 4 unspecified atom stereocenters. The Kier molecular flexibility index (Phi) is 13.9. The highest BCUT2D eigenvalue weighted by Gasteiger charge is 2.30. The molecule has 4 nitrogen and oxygen atoms in total. The predicted molar refractivity (Wildman–Crippen MR) is 124 cm³/mol. The largest absolute Gasteiger partial charge is 0.391 e. The normalized spacial score (nSPS) is 19.7. The van der Waals surface area contributed by atoms with Gasteiger partial charge in [-0.2, -0.15) is 0 Å². The molecule has 4 heteroatoms. The second-order valence-electron chi connectivity index (χ2n) is 9.90. The van der Waals surface area contributed by atoms with Crippen LogP contribution in [0.2, 0.25) is 0 Å². The fraction of sp³-hybridized carbons (Fsp3) is 0.960. The summed E-state index contributed by atoms with van der Waals surface area (Å²) in [5.41, 5.74) is 0. The third-order valence-electron chi connectivity index (χ3n) is 6.98. The number of carbonyl (C=O) groups is 1. The van der Waals surface area contributed by atoms with E-state index in [-0.39, 0.29) is 23.8 Å². The molecule has 0 aliphatic heterocycles. The molecule has 1 rings (SSSR count). The van der Waals surface area contributed by atoms with E-state index in [0.29, 0.717) is 12.3 Å². The van der Waals surface area contributed by atoms with E-state index in [0.717, 1.165) is 44.7 Å². The number of rotatable bonds is 15. The Hall–Kier alpha value is -0.610. The first kappa shape index (κ1) is 26.4. The molecule has 0 aromatic rings. The fourth-order valence-electron chi connectivity index (χ4n) is 4.50. The summed E-state index contributed by atoms with van der Waals surface area (Å²) in [5, 5.41) is 17.9. The molecule has 3 N–H and O–H groups in total. The summed E-state index contributed by atoms with van der Waals surface area (Å²) in [4.78, 5) is 12.7. The second kappa shape index (κ2) is 15.2. The summed E-state index contributed by atoms with van der Waals surface area (Å²) in [6.45, 7) is 12.6. The highest BCUT2D eigenvalue weighted by Crippen LogP contribution is 2.29. The zero-order valence-corrected chi connectivity index (χ0v) is 20.0. The minimum absolute atomic E-state index is 0.104. The number of aliphatic hydroxyl groups is 1. The molecule has 0 bridgehead atoms. The maximum absolute atomic E-state index is 12.7. The van der Waals surface area contributed by atoms with Crippen molar-refractivity contribution in [3.8, 4) is 0 Å². The molecule has 0 aromatic carbocycles. The van der Waals surface area contributed by atoms with Crippen LogP contribution in [0.1, 0.15) is 105 Å². The Balaban J connectivity index is 2.69. The van der Waals surface area contributed by atoms with E-state index in [1.54, 1.807) is 0 Å². The number of aliphatic hydroxyl groups excluding tert-OH is 1. The van der Waals surface area contributed by atoms with Crippen molar-refractivity contribution in [2.24, 2.45) is 23.7 Å². The van der Waals surface area contributed by atoms with Gasteiger partial charge < -0.3 is 15.7 Å². The van der Waals surface area contributed by atoms with Crippen LogP contribution in [0.5, 0.6) is 0 Å². The summed E-state index contributed by atoms with van der Waals surface area (Å²) < 4.78 is 0. The van der Waals surface area contributed by atoms with Gasteiger partial charge in [0.2, 0.25) is 5.91 Å². The van der Waals surface area contributed by atoms with E-state index in [9.17, 15) is 9.90 Å². The molecule has 0 heterocycles. The number of nitrogens with one attached hydrogen (secondary N) is 2. The average molecular weight is 411 g/mol. The molecule has 0 aromatic heterocycles. The van der Waals surface area contributed by atoms with Gasteiger partial charge in [0.15, 0.2) is 0 Å². The Morgan fingerprint density at radius 3 is 2.34 bits per heavy atom. The zero-order valence-electron chi connectivity index (χ0n) is 20.0. The predicted octanol–water partition coefficient (Wildman–Crippen LogP) is 5.29. The van der Waals surface area contributed by atoms with Crippen LogP contribution in [0.3, 0.4) is 0 Å². The molecular weight excluding hydrogens is 360 g/mol. The second-order valence-corrected chi connectivity index (χ2v) is 9.90. The molecule has 1 saturated carbocycles. The van der Waals surface area contributed by atoms with Gasteiger partial charge in [0.05, 0.1) is 6.10 Å². The van der Waals surface area contributed by atoms with Crippen LogP contribution in [0.4, 0.5) is 0 Å². The molecule has 0 spiro atoms. The summed E-state index contributed by atoms with van der Waals surface area (Å²) in [6.07, 6.45) is 12.2. The van der Waals surface area contributed by atoms with Crippen LogP contribution in [0.25, 0.3) is 0 Å². The lowest BCUT2D eigenvalue weighted by molar-refractivity contribution is -0.127. The third-order valence-corrected chi connectivity index (χ3v) is 6.98. The van der Waals surface area contributed by atoms with Crippen molar-refractivity contribution in [1.82, 2.24) is 10.6 Å². The van der Waals surface area contributed by atoms with Gasteiger partial charge in [-0.1, -0.05) is 79.6 Å². The third kappa shape index (κ3) is 10.8. The minimum Gasteiger partial charge on any atom is -0.391 e. The molecule has 172 valence electrons. The van der Waals surface area contributed by atoms with E-state index in [1.807, 2.05) is 0 Å². The monoisotopic (exact) mass is 410 g/mol. The van der Waals surface area contributed by atoms with Gasteiger partial charge in [0.25, 0.3) is 0 Å². The molecular formula is C25H50N2O2. The molecule has 0 saturated heterocycles. The van der Waals surface area contributed by atoms with Crippen molar-refractivity contribution in [3.05, 3.63) is 0 Å². The van der Waals surface area contributed by atoms with Crippen LogP contribution in [-0.2, 0) is 4.79 Å². The molecule has 29 heavy (non-hydrogen) atoms. The van der Waals surface area contributed by atoms with Gasteiger partial charge in [-0.05, 0) is 50.0 Å². The molecule has 1 aliphatic carbocycles. The van der Waals surface area contributed by atoms with Gasteiger partial charge in [0, 0.05) is 18.5 Å². The summed E-state index contributed by atoms with van der Waals surface area (Å²) in [5.74, 6) is 1.66. The topological polar surface area (TPSA) is 61.4 Å².